The van der Waals surface area contributed by atoms with E-state index in [2.05, 4.69) is 36.4 Å². The zero-order valence-electron chi connectivity index (χ0n) is 16.1. The molecule has 0 amide bonds. The lowest BCUT2D eigenvalue weighted by Crippen LogP contribution is -2.22. The van der Waals surface area contributed by atoms with Gasteiger partial charge in [0.05, 0.1) is 0 Å². The van der Waals surface area contributed by atoms with Gasteiger partial charge in [-0.1, -0.05) is 74.1 Å². The van der Waals surface area contributed by atoms with Crippen molar-refractivity contribution in [2.45, 2.75) is 70.1 Å². The fourth-order valence-corrected chi connectivity index (χ4v) is 5.84. The zero-order chi connectivity index (χ0) is 18.2. The molecule has 0 saturated heterocycles. The van der Waals surface area contributed by atoms with Gasteiger partial charge >= 0.3 is 0 Å². The Balaban J connectivity index is 1.63. The summed E-state index contributed by atoms with van der Waals surface area (Å²) in [7, 11) is 0. The number of halogens is 1. The van der Waals surface area contributed by atoms with Crippen LogP contribution < -0.4 is 10.4 Å². The summed E-state index contributed by atoms with van der Waals surface area (Å²) < 4.78 is 0. The van der Waals surface area contributed by atoms with Crippen molar-refractivity contribution < 1.29 is 0 Å². The predicted molar refractivity (Wildman–Crippen MR) is 115 cm³/mol. The molecule has 1 unspecified atom stereocenters. The standard InChI is InChI=1S/C26H29Cl/c27-22-14-12-20-16-21(11-10-18-6-2-1-3-7-18)26-23-9-5-4-8-19(23)13-15-24(26)25(20)17-22/h8,12-18,21H,1-7,9-11H2. The number of rotatable bonds is 3. The Morgan fingerprint density at radius 1 is 0.852 bits per heavy atom. The van der Waals surface area contributed by atoms with Crippen LogP contribution in [0.15, 0.2) is 30.3 Å². The highest BCUT2D eigenvalue weighted by Gasteiger charge is 2.22. The molecule has 1 fully saturated rings. The molecule has 140 valence electrons. The van der Waals surface area contributed by atoms with E-state index in [1.165, 1.54) is 85.1 Å². The van der Waals surface area contributed by atoms with Crippen LogP contribution in [0.25, 0.3) is 12.2 Å². The maximum absolute atomic E-state index is 6.37. The van der Waals surface area contributed by atoms with Crippen LogP contribution in [0.4, 0.5) is 0 Å². The summed E-state index contributed by atoms with van der Waals surface area (Å²) in [5.41, 5.74) is 3.24. The fourth-order valence-electron chi connectivity index (χ4n) is 5.67. The largest absolute Gasteiger partial charge is 0.0843 e. The summed E-state index contributed by atoms with van der Waals surface area (Å²) in [5.74, 6) is 1.52. The van der Waals surface area contributed by atoms with E-state index in [0.717, 1.165) is 10.9 Å². The van der Waals surface area contributed by atoms with Gasteiger partial charge < -0.3 is 0 Å². The quantitative estimate of drug-likeness (QED) is 0.617. The molecular formula is C26H29Cl. The number of hydrogen-bond acceptors (Lipinski definition) is 0. The van der Waals surface area contributed by atoms with Gasteiger partial charge in [0.2, 0.25) is 0 Å². The Labute approximate surface area is 167 Å². The van der Waals surface area contributed by atoms with Crippen molar-refractivity contribution in [3.8, 4) is 0 Å². The molecule has 1 atom stereocenters. The minimum Gasteiger partial charge on any atom is -0.0843 e. The second-order valence-electron chi connectivity index (χ2n) is 8.78. The summed E-state index contributed by atoms with van der Waals surface area (Å²) in [4.78, 5) is 0. The first-order valence-corrected chi connectivity index (χ1v) is 11.3. The molecule has 3 aliphatic carbocycles. The molecule has 2 aromatic rings. The lowest BCUT2D eigenvalue weighted by molar-refractivity contribution is 0.329. The Hall–Kier alpha value is -1.53. The maximum Gasteiger partial charge on any atom is 0.0412 e. The van der Waals surface area contributed by atoms with Crippen molar-refractivity contribution in [3.05, 3.63) is 67.4 Å². The second-order valence-corrected chi connectivity index (χ2v) is 9.21. The van der Waals surface area contributed by atoms with E-state index in [-0.39, 0.29) is 0 Å². The van der Waals surface area contributed by atoms with Gasteiger partial charge in [0.25, 0.3) is 0 Å². The van der Waals surface area contributed by atoms with Crippen molar-refractivity contribution in [3.63, 3.8) is 0 Å². The van der Waals surface area contributed by atoms with E-state index < -0.39 is 0 Å². The van der Waals surface area contributed by atoms with Crippen molar-refractivity contribution in [2.24, 2.45) is 5.92 Å². The van der Waals surface area contributed by atoms with Gasteiger partial charge in [0.1, 0.15) is 0 Å². The van der Waals surface area contributed by atoms with Crippen LogP contribution in [0.5, 0.6) is 0 Å². The molecule has 0 aromatic heterocycles. The number of hydrogen-bond donors (Lipinski definition) is 0. The van der Waals surface area contributed by atoms with Gasteiger partial charge in [0.15, 0.2) is 0 Å². The Kier molecular flexibility index (Phi) is 4.86. The molecule has 0 radical (unpaired) electrons. The van der Waals surface area contributed by atoms with Gasteiger partial charge in [-0.05, 0) is 82.2 Å². The van der Waals surface area contributed by atoms with Gasteiger partial charge in [-0.25, -0.2) is 0 Å². The van der Waals surface area contributed by atoms with E-state index in [0.29, 0.717) is 5.92 Å². The Morgan fingerprint density at radius 2 is 1.70 bits per heavy atom. The average Bonchev–Trinajstić information content (AvgIpc) is 2.72. The smallest absolute Gasteiger partial charge is 0.0412 e. The summed E-state index contributed by atoms with van der Waals surface area (Å²) in [5, 5.41) is 6.48. The van der Waals surface area contributed by atoms with Crippen LogP contribution in [-0.4, -0.2) is 0 Å². The average molecular weight is 377 g/mol. The number of benzene rings is 2. The number of fused-ring (bicyclic) bond motifs is 4. The van der Waals surface area contributed by atoms with E-state index in [1.807, 2.05) is 6.07 Å². The topological polar surface area (TPSA) is 0 Å². The molecule has 0 aliphatic heterocycles. The highest BCUT2D eigenvalue weighted by atomic mass is 35.5. The van der Waals surface area contributed by atoms with E-state index in [1.54, 1.807) is 11.1 Å². The molecule has 3 aliphatic rings. The maximum atomic E-state index is 6.37. The first kappa shape index (κ1) is 17.6. The normalized spacial score (nSPS) is 21.4. The van der Waals surface area contributed by atoms with E-state index >= 15 is 0 Å². The molecule has 0 spiro atoms. The molecule has 27 heavy (non-hydrogen) atoms. The molecule has 0 N–H and O–H groups in total. The van der Waals surface area contributed by atoms with Crippen LogP contribution in [0.2, 0.25) is 5.02 Å². The molecule has 5 rings (SSSR count). The third kappa shape index (κ3) is 3.38. The van der Waals surface area contributed by atoms with Gasteiger partial charge in [-0.2, -0.15) is 0 Å². The third-order valence-electron chi connectivity index (χ3n) is 7.06. The summed E-state index contributed by atoms with van der Waals surface area (Å²) >= 11 is 6.37. The van der Waals surface area contributed by atoms with Gasteiger partial charge in [-0.3, -0.25) is 0 Å². The monoisotopic (exact) mass is 376 g/mol. The van der Waals surface area contributed by atoms with Crippen LogP contribution in [-0.2, 0) is 6.42 Å². The van der Waals surface area contributed by atoms with Crippen LogP contribution in [0.3, 0.4) is 0 Å². The predicted octanol–water partition coefficient (Wildman–Crippen LogP) is 5.98. The molecule has 0 bridgehead atoms. The second kappa shape index (κ2) is 7.47. The lowest BCUT2D eigenvalue weighted by Gasteiger charge is -2.27. The van der Waals surface area contributed by atoms with Gasteiger partial charge in [0, 0.05) is 10.9 Å². The molecule has 1 saturated carbocycles. The first-order chi connectivity index (χ1) is 13.3. The summed E-state index contributed by atoms with van der Waals surface area (Å²) in [6, 6.07) is 11.2. The van der Waals surface area contributed by atoms with Crippen molar-refractivity contribution in [1.29, 1.82) is 0 Å². The minimum absolute atomic E-state index is 0.567. The fraction of sp³-hybridized carbons (Fsp3) is 0.462. The minimum atomic E-state index is 0.567. The molecule has 0 nitrogen and oxygen atoms in total. The molecule has 0 heterocycles. The van der Waals surface area contributed by atoms with Crippen molar-refractivity contribution >= 4 is 23.8 Å². The highest BCUT2D eigenvalue weighted by molar-refractivity contribution is 6.30. The third-order valence-corrected chi connectivity index (χ3v) is 7.29. The lowest BCUT2D eigenvalue weighted by atomic mass is 9.78. The van der Waals surface area contributed by atoms with Crippen LogP contribution >= 0.6 is 11.6 Å². The molecular weight excluding hydrogens is 348 g/mol. The van der Waals surface area contributed by atoms with Crippen molar-refractivity contribution in [2.75, 3.05) is 0 Å². The van der Waals surface area contributed by atoms with E-state index in [9.17, 15) is 0 Å². The SMILES string of the molecule is Clc1ccc2c(c1)=c1ccc3c(c1C(CCC1CCCCC1)C=2)CCCC=3. The van der Waals surface area contributed by atoms with Crippen molar-refractivity contribution in [1.82, 2.24) is 0 Å². The summed E-state index contributed by atoms with van der Waals surface area (Å²) in [6.45, 7) is 0. The highest BCUT2D eigenvalue weighted by Crippen LogP contribution is 2.35. The van der Waals surface area contributed by atoms with E-state index in [4.69, 9.17) is 11.6 Å². The van der Waals surface area contributed by atoms with Gasteiger partial charge in [-0.15, -0.1) is 0 Å². The Bertz CT molecular complexity index is 1060. The molecule has 2 aromatic carbocycles. The zero-order valence-corrected chi connectivity index (χ0v) is 16.9. The summed E-state index contributed by atoms with van der Waals surface area (Å²) in [6.07, 6.45) is 18.7. The molecule has 1 heteroatoms. The first-order valence-electron chi connectivity index (χ1n) is 10.9. The van der Waals surface area contributed by atoms with Crippen LogP contribution in [0.1, 0.15) is 74.8 Å². The Morgan fingerprint density at radius 3 is 2.59 bits per heavy atom. The van der Waals surface area contributed by atoms with Crippen LogP contribution in [0, 0.1) is 16.4 Å².